The fourth-order valence-corrected chi connectivity index (χ4v) is 2.65. The SMILES string of the molecule is CC(C)Oc1ccc(C(C)C(C)c2ccc(Cl)c(Cl)c2)nc1. The Morgan fingerprint density at radius 3 is 2.18 bits per heavy atom. The van der Waals surface area contributed by atoms with Gasteiger partial charge in [0.15, 0.2) is 0 Å². The van der Waals surface area contributed by atoms with Crippen LogP contribution in [0.25, 0.3) is 0 Å². The second kappa shape index (κ2) is 7.34. The van der Waals surface area contributed by atoms with Crippen LogP contribution in [0.3, 0.4) is 0 Å². The molecule has 0 aliphatic carbocycles. The van der Waals surface area contributed by atoms with E-state index in [1.807, 2.05) is 44.2 Å². The summed E-state index contributed by atoms with van der Waals surface area (Å²) in [5, 5.41) is 1.17. The van der Waals surface area contributed by atoms with Crippen molar-refractivity contribution in [1.29, 1.82) is 0 Å². The van der Waals surface area contributed by atoms with E-state index in [-0.39, 0.29) is 12.0 Å². The van der Waals surface area contributed by atoms with Crippen molar-refractivity contribution in [1.82, 2.24) is 4.98 Å². The van der Waals surface area contributed by atoms with Crippen molar-refractivity contribution in [2.45, 2.75) is 45.6 Å². The van der Waals surface area contributed by atoms with Crippen LogP contribution < -0.4 is 4.74 Å². The van der Waals surface area contributed by atoms with E-state index in [9.17, 15) is 0 Å². The zero-order valence-electron chi connectivity index (χ0n) is 13.3. The molecule has 2 nitrogen and oxygen atoms in total. The number of pyridine rings is 1. The van der Waals surface area contributed by atoms with Gasteiger partial charge in [0.1, 0.15) is 5.75 Å². The lowest BCUT2D eigenvalue weighted by atomic mass is 9.86. The molecular formula is C18H21Cl2NO. The van der Waals surface area contributed by atoms with Gasteiger partial charge >= 0.3 is 0 Å². The Hall–Kier alpha value is -1.25. The first-order chi connectivity index (χ1) is 10.4. The van der Waals surface area contributed by atoms with E-state index in [1.54, 1.807) is 6.20 Å². The minimum Gasteiger partial charge on any atom is -0.489 e. The summed E-state index contributed by atoms with van der Waals surface area (Å²) in [4.78, 5) is 4.53. The molecule has 22 heavy (non-hydrogen) atoms. The van der Waals surface area contributed by atoms with Crippen LogP contribution >= 0.6 is 23.2 Å². The number of halogens is 2. The topological polar surface area (TPSA) is 22.1 Å². The van der Waals surface area contributed by atoms with Gasteiger partial charge in [-0.05, 0) is 49.6 Å². The Balaban J connectivity index is 2.15. The molecule has 0 saturated carbocycles. The Kier molecular flexibility index (Phi) is 5.71. The molecule has 0 spiro atoms. The molecule has 2 unspecified atom stereocenters. The third-order valence-electron chi connectivity index (χ3n) is 3.82. The largest absolute Gasteiger partial charge is 0.489 e. The Bertz CT molecular complexity index is 625. The number of rotatable bonds is 5. The molecular weight excluding hydrogens is 317 g/mol. The molecule has 1 aromatic carbocycles. The molecule has 0 saturated heterocycles. The number of nitrogens with zero attached hydrogens (tertiary/aromatic N) is 1. The molecule has 4 heteroatoms. The van der Waals surface area contributed by atoms with E-state index >= 15 is 0 Å². The second-order valence-electron chi connectivity index (χ2n) is 5.84. The predicted octanol–water partition coefficient (Wildman–Crippen LogP) is 6.08. The average molecular weight is 338 g/mol. The standard InChI is InChI=1S/C18H21Cl2NO/c1-11(2)22-15-6-8-18(21-10-15)13(4)12(3)14-5-7-16(19)17(20)9-14/h5-13H,1-4H3. The lowest BCUT2D eigenvalue weighted by molar-refractivity contribution is 0.241. The highest BCUT2D eigenvalue weighted by Crippen LogP contribution is 2.34. The molecule has 1 heterocycles. The van der Waals surface area contributed by atoms with Gasteiger partial charge in [-0.3, -0.25) is 4.98 Å². The van der Waals surface area contributed by atoms with Crippen molar-refractivity contribution >= 4 is 23.2 Å². The highest BCUT2D eigenvalue weighted by atomic mass is 35.5. The van der Waals surface area contributed by atoms with E-state index in [2.05, 4.69) is 18.8 Å². The molecule has 2 rings (SSSR count). The van der Waals surface area contributed by atoms with Gasteiger partial charge in [0.05, 0.1) is 22.3 Å². The highest BCUT2D eigenvalue weighted by Gasteiger charge is 2.18. The minimum absolute atomic E-state index is 0.153. The molecule has 0 bridgehead atoms. The maximum Gasteiger partial charge on any atom is 0.137 e. The van der Waals surface area contributed by atoms with Crippen LogP contribution in [0.2, 0.25) is 10.0 Å². The maximum absolute atomic E-state index is 6.11. The molecule has 0 radical (unpaired) electrons. The molecule has 1 aromatic heterocycles. The van der Waals surface area contributed by atoms with E-state index < -0.39 is 0 Å². The Labute approximate surface area is 142 Å². The zero-order chi connectivity index (χ0) is 16.3. The van der Waals surface area contributed by atoms with Crippen molar-refractivity contribution in [2.75, 3.05) is 0 Å². The lowest BCUT2D eigenvalue weighted by Crippen LogP contribution is -2.08. The molecule has 0 fully saturated rings. The van der Waals surface area contributed by atoms with Crippen LogP contribution in [-0.4, -0.2) is 11.1 Å². The molecule has 0 amide bonds. The fourth-order valence-electron chi connectivity index (χ4n) is 2.34. The van der Waals surface area contributed by atoms with E-state index in [4.69, 9.17) is 27.9 Å². The van der Waals surface area contributed by atoms with Crippen LogP contribution in [0.15, 0.2) is 36.5 Å². The van der Waals surface area contributed by atoms with E-state index in [0.717, 1.165) is 17.0 Å². The number of benzene rings is 1. The van der Waals surface area contributed by atoms with E-state index in [0.29, 0.717) is 16.0 Å². The normalized spacial score (nSPS) is 14.0. The quantitative estimate of drug-likeness (QED) is 0.659. The molecule has 2 aromatic rings. The summed E-state index contributed by atoms with van der Waals surface area (Å²) in [6.07, 6.45) is 1.94. The minimum atomic E-state index is 0.153. The van der Waals surface area contributed by atoms with Crippen molar-refractivity contribution in [3.63, 3.8) is 0 Å². The van der Waals surface area contributed by atoms with Gasteiger partial charge in [-0.25, -0.2) is 0 Å². The van der Waals surface area contributed by atoms with Gasteiger partial charge in [0.2, 0.25) is 0 Å². The average Bonchev–Trinajstić information content (AvgIpc) is 2.49. The van der Waals surface area contributed by atoms with E-state index in [1.165, 1.54) is 0 Å². The van der Waals surface area contributed by atoms with Crippen LogP contribution in [0, 0.1) is 0 Å². The first-order valence-electron chi connectivity index (χ1n) is 7.46. The Morgan fingerprint density at radius 1 is 0.909 bits per heavy atom. The summed E-state index contributed by atoms with van der Waals surface area (Å²) in [6.45, 7) is 8.34. The maximum atomic E-state index is 6.11. The zero-order valence-corrected chi connectivity index (χ0v) is 14.8. The third kappa shape index (κ3) is 4.15. The number of hydrogen-bond acceptors (Lipinski definition) is 2. The van der Waals surface area contributed by atoms with Crippen molar-refractivity contribution in [2.24, 2.45) is 0 Å². The molecule has 0 aliphatic rings. The number of hydrogen-bond donors (Lipinski definition) is 0. The summed E-state index contributed by atoms with van der Waals surface area (Å²) in [5.74, 6) is 1.36. The lowest BCUT2D eigenvalue weighted by Gasteiger charge is -2.21. The van der Waals surface area contributed by atoms with Gasteiger partial charge in [0.25, 0.3) is 0 Å². The van der Waals surface area contributed by atoms with Gasteiger partial charge in [-0.2, -0.15) is 0 Å². The summed E-state index contributed by atoms with van der Waals surface area (Å²) >= 11 is 12.1. The Morgan fingerprint density at radius 2 is 1.64 bits per heavy atom. The van der Waals surface area contributed by atoms with Crippen molar-refractivity contribution < 1.29 is 4.74 Å². The van der Waals surface area contributed by atoms with Crippen molar-refractivity contribution in [3.05, 3.63) is 57.8 Å². The van der Waals surface area contributed by atoms with Crippen LogP contribution in [-0.2, 0) is 0 Å². The van der Waals surface area contributed by atoms with Gasteiger partial charge in [-0.1, -0.05) is 43.1 Å². The number of ether oxygens (including phenoxy) is 1. The van der Waals surface area contributed by atoms with Crippen LogP contribution in [0.4, 0.5) is 0 Å². The summed E-state index contributed by atoms with van der Waals surface area (Å²) < 4.78 is 5.63. The first-order valence-corrected chi connectivity index (χ1v) is 8.21. The molecule has 0 N–H and O–H groups in total. The smallest absolute Gasteiger partial charge is 0.137 e. The summed E-state index contributed by atoms with van der Waals surface area (Å²) in [5.41, 5.74) is 2.20. The van der Waals surface area contributed by atoms with Gasteiger partial charge in [-0.15, -0.1) is 0 Å². The monoisotopic (exact) mass is 337 g/mol. The fraction of sp³-hybridized carbons (Fsp3) is 0.389. The van der Waals surface area contributed by atoms with Crippen LogP contribution in [0.5, 0.6) is 5.75 Å². The van der Waals surface area contributed by atoms with Gasteiger partial charge in [0, 0.05) is 11.6 Å². The molecule has 0 aliphatic heterocycles. The first kappa shape index (κ1) is 17.1. The second-order valence-corrected chi connectivity index (χ2v) is 6.65. The summed E-state index contributed by atoms with van der Waals surface area (Å²) in [6, 6.07) is 9.79. The number of aromatic nitrogens is 1. The van der Waals surface area contributed by atoms with Crippen molar-refractivity contribution in [3.8, 4) is 5.75 Å². The molecule has 118 valence electrons. The predicted molar refractivity (Wildman–Crippen MR) is 93.3 cm³/mol. The molecule has 2 atom stereocenters. The van der Waals surface area contributed by atoms with Gasteiger partial charge < -0.3 is 4.74 Å². The highest BCUT2D eigenvalue weighted by molar-refractivity contribution is 6.42. The summed E-state index contributed by atoms with van der Waals surface area (Å²) in [7, 11) is 0. The third-order valence-corrected chi connectivity index (χ3v) is 4.56. The van der Waals surface area contributed by atoms with Crippen LogP contribution in [0.1, 0.15) is 50.8 Å².